The number of aromatic nitrogens is 2. The van der Waals surface area contributed by atoms with E-state index >= 15 is 0 Å². The molecule has 0 spiro atoms. The standard InChI is InChI=1S/C6H11N5/c1-3-4(7)5(9-2)11-6(8)10-3/h7H2,1-2H3,(H3,8,9,10,11). The number of hydrogen-bond donors (Lipinski definition) is 3. The van der Waals surface area contributed by atoms with Crippen LogP contribution < -0.4 is 16.8 Å². The quantitative estimate of drug-likeness (QED) is 0.528. The summed E-state index contributed by atoms with van der Waals surface area (Å²) in [5.74, 6) is 0.816. The molecule has 0 saturated carbocycles. The van der Waals surface area contributed by atoms with E-state index < -0.39 is 0 Å². The zero-order valence-electron chi connectivity index (χ0n) is 6.55. The molecule has 1 rings (SSSR count). The molecule has 5 N–H and O–H groups in total. The normalized spacial score (nSPS) is 9.64. The summed E-state index contributed by atoms with van der Waals surface area (Å²) in [6, 6.07) is 0. The maximum Gasteiger partial charge on any atom is 0.222 e. The topological polar surface area (TPSA) is 89.8 Å². The van der Waals surface area contributed by atoms with Crippen molar-refractivity contribution < 1.29 is 0 Å². The van der Waals surface area contributed by atoms with Gasteiger partial charge in [0.25, 0.3) is 0 Å². The minimum absolute atomic E-state index is 0.237. The van der Waals surface area contributed by atoms with Gasteiger partial charge in [-0.3, -0.25) is 0 Å². The lowest BCUT2D eigenvalue weighted by Gasteiger charge is -2.05. The highest BCUT2D eigenvalue weighted by Gasteiger charge is 2.03. The minimum Gasteiger partial charge on any atom is -0.394 e. The summed E-state index contributed by atoms with van der Waals surface area (Å²) in [6.45, 7) is 1.79. The third kappa shape index (κ3) is 1.31. The summed E-state index contributed by atoms with van der Waals surface area (Å²) >= 11 is 0. The van der Waals surface area contributed by atoms with Crippen LogP contribution in [-0.4, -0.2) is 17.0 Å². The van der Waals surface area contributed by atoms with E-state index in [0.717, 1.165) is 0 Å². The Morgan fingerprint density at radius 2 is 1.91 bits per heavy atom. The van der Waals surface area contributed by atoms with Crippen LogP contribution in [0.2, 0.25) is 0 Å². The van der Waals surface area contributed by atoms with Crippen molar-refractivity contribution in [1.29, 1.82) is 0 Å². The molecular weight excluding hydrogens is 142 g/mol. The van der Waals surface area contributed by atoms with Crippen molar-refractivity contribution in [3.63, 3.8) is 0 Å². The summed E-state index contributed by atoms with van der Waals surface area (Å²) in [5.41, 5.74) is 12.2. The molecule has 60 valence electrons. The number of nitrogens with one attached hydrogen (secondary N) is 1. The van der Waals surface area contributed by atoms with Crippen LogP contribution in [0.5, 0.6) is 0 Å². The molecule has 1 aromatic rings. The van der Waals surface area contributed by atoms with E-state index in [-0.39, 0.29) is 5.95 Å². The lowest BCUT2D eigenvalue weighted by atomic mass is 10.3. The van der Waals surface area contributed by atoms with Crippen molar-refractivity contribution in [2.75, 3.05) is 23.8 Å². The third-order valence-electron chi connectivity index (χ3n) is 1.39. The van der Waals surface area contributed by atoms with Crippen LogP contribution >= 0.6 is 0 Å². The zero-order chi connectivity index (χ0) is 8.43. The molecule has 0 unspecified atom stereocenters. The molecule has 0 atom stereocenters. The van der Waals surface area contributed by atoms with Crippen LogP contribution in [0.25, 0.3) is 0 Å². The van der Waals surface area contributed by atoms with Crippen LogP contribution in [0, 0.1) is 6.92 Å². The van der Waals surface area contributed by atoms with Crippen LogP contribution in [0.1, 0.15) is 5.69 Å². The van der Waals surface area contributed by atoms with E-state index in [2.05, 4.69) is 15.3 Å². The van der Waals surface area contributed by atoms with E-state index in [1.54, 1.807) is 14.0 Å². The van der Waals surface area contributed by atoms with Gasteiger partial charge >= 0.3 is 0 Å². The van der Waals surface area contributed by atoms with E-state index in [4.69, 9.17) is 11.5 Å². The number of anilines is 3. The van der Waals surface area contributed by atoms with Gasteiger partial charge in [0.05, 0.1) is 11.4 Å². The monoisotopic (exact) mass is 153 g/mol. The molecule has 5 nitrogen and oxygen atoms in total. The van der Waals surface area contributed by atoms with Crippen LogP contribution in [0.15, 0.2) is 0 Å². The number of nitrogen functional groups attached to an aromatic ring is 2. The van der Waals surface area contributed by atoms with Crippen LogP contribution in [-0.2, 0) is 0 Å². The highest BCUT2D eigenvalue weighted by atomic mass is 15.1. The van der Waals surface area contributed by atoms with E-state index in [0.29, 0.717) is 17.2 Å². The average molecular weight is 153 g/mol. The molecule has 0 radical (unpaired) electrons. The number of nitrogens with two attached hydrogens (primary N) is 2. The highest BCUT2D eigenvalue weighted by Crippen LogP contribution is 2.17. The van der Waals surface area contributed by atoms with Crippen molar-refractivity contribution in [1.82, 2.24) is 9.97 Å². The van der Waals surface area contributed by atoms with E-state index in [1.807, 2.05) is 0 Å². The second-order valence-corrected chi connectivity index (χ2v) is 2.18. The molecule has 1 aromatic heterocycles. The molecule has 0 bridgehead atoms. The lowest BCUT2D eigenvalue weighted by Crippen LogP contribution is -2.06. The number of nitrogens with zero attached hydrogens (tertiary/aromatic N) is 2. The lowest BCUT2D eigenvalue weighted by molar-refractivity contribution is 1.12. The van der Waals surface area contributed by atoms with Gasteiger partial charge in [0.1, 0.15) is 0 Å². The van der Waals surface area contributed by atoms with Gasteiger partial charge < -0.3 is 16.8 Å². The summed E-state index contributed by atoms with van der Waals surface area (Å²) in [6.07, 6.45) is 0. The van der Waals surface area contributed by atoms with Crippen molar-refractivity contribution in [3.8, 4) is 0 Å². The number of aryl methyl sites for hydroxylation is 1. The molecule has 0 aliphatic heterocycles. The third-order valence-corrected chi connectivity index (χ3v) is 1.39. The number of hydrogen-bond acceptors (Lipinski definition) is 5. The van der Waals surface area contributed by atoms with E-state index in [9.17, 15) is 0 Å². The molecule has 0 aliphatic carbocycles. The van der Waals surface area contributed by atoms with Crippen molar-refractivity contribution in [2.45, 2.75) is 6.92 Å². The Hall–Kier alpha value is -1.52. The molecular formula is C6H11N5. The molecule has 0 saturated heterocycles. The molecule has 1 heterocycles. The van der Waals surface area contributed by atoms with Gasteiger partial charge in [0, 0.05) is 7.05 Å². The predicted molar refractivity (Wildman–Crippen MR) is 45.1 cm³/mol. The number of rotatable bonds is 1. The molecule has 0 amide bonds. The summed E-state index contributed by atoms with van der Waals surface area (Å²) in [4.78, 5) is 7.77. The maximum atomic E-state index is 5.62. The predicted octanol–water partition coefficient (Wildman–Crippen LogP) is -0.00888. The molecule has 0 aromatic carbocycles. The Balaban J connectivity index is 3.24. The fourth-order valence-electron chi connectivity index (χ4n) is 0.794. The molecule has 5 heteroatoms. The molecule has 11 heavy (non-hydrogen) atoms. The largest absolute Gasteiger partial charge is 0.394 e. The fourth-order valence-corrected chi connectivity index (χ4v) is 0.794. The first-order chi connectivity index (χ1) is 5.15. The molecule has 0 aliphatic rings. The van der Waals surface area contributed by atoms with Crippen molar-refractivity contribution >= 4 is 17.5 Å². The first-order valence-corrected chi connectivity index (χ1v) is 3.22. The van der Waals surface area contributed by atoms with E-state index in [1.165, 1.54) is 0 Å². The first-order valence-electron chi connectivity index (χ1n) is 3.22. The fraction of sp³-hybridized carbons (Fsp3) is 0.333. The van der Waals surface area contributed by atoms with Gasteiger partial charge in [0.15, 0.2) is 5.82 Å². The summed E-state index contributed by atoms with van der Waals surface area (Å²) in [5, 5.41) is 2.82. The Morgan fingerprint density at radius 3 is 2.45 bits per heavy atom. The average Bonchev–Trinajstić information content (AvgIpc) is 1.96. The Kier molecular flexibility index (Phi) is 1.80. The minimum atomic E-state index is 0.237. The Bertz CT molecular complexity index is 270. The van der Waals surface area contributed by atoms with Gasteiger partial charge in [-0.05, 0) is 6.92 Å². The van der Waals surface area contributed by atoms with Crippen molar-refractivity contribution in [3.05, 3.63) is 5.69 Å². The second kappa shape index (κ2) is 2.61. The Morgan fingerprint density at radius 1 is 1.27 bits per heavy atom. The van der Waals surface area contributed by atoms with Gasteiger partial charge in [-0.1, -0.05) is 0 Å². The van der Waals surface area contributed by atoms with Gasteiger partial charge in [-0.15, -0.1) is 0 Å². The zero-order valence-corrected chi connectivity index (χ0v) is 6.55. The smallest absolute Gasteiger partial charge is 0.222 e. The first kappa shape index (κ1) is 7.59. The SMILES string of the molecule is CNc1nc(N)nc(C)c1N. The summed E-state index contributed by atoms with van der Waals surface area (Å²) in [7, 11) is 1.73. The van der Waals surface area contributed by atoms with Gasteiger partial charge in [-0.2, -0.15) is 4.98 Å². The Labute approximate surface area is 64.8 Å². The van der Waals surface area contributed by atoms with Crippen LogP contribution in [0.3, 0.4) is 0 Å². The maximum absolute atomic E-state index is 5.62. The van der Waals surface area contributed by atoms with Crippen LogP contribution in [0.4, 0.5) is 17.5 Å². The summed E-state index contributed by atoms with van der Waals surface area (Å²) < 4.78 is 0. The van der Waals surface area contributed by atoms with Gasteiger partial charge in [-0.25, -0.2) is 4.98 Å². The van der Waals surface area contributed by atoms with Crippen molar-refractivity contribution in [2.24, 2.45) is 0 Å². The highest BCUT2D eigenvalue weighted by molar-refractivity contribution is 5.64. The molecule has 0 fully saturated rings. The van der Waals surface area contributed by atoms with Gasteiger partial charge in [0.2, 0.25) is 5.95 Å². The second-order valence-electron chi connectivity index (χ2n) is 2.18.